The van der Waals surface area contributed by atoms with E-state index >= 15 is 0 Å². The molecule has 8 rings (SSSR count). The van der Waals surface area contributed by atoms with E-state index in [9.17, 15) is 19.2 Å². The van der Waals surface area contributed by atoms with E-state index in [2.05, 4.69) is 53.7 Å². The fourth-order valence-corrected chi connectivity index (χ4v) is 9.70. The molecule has 1 fully saturated rings. The molecular weight excluding hydrogens is 729 g/mol. The van der Waals surface area contributed by atoms with Crippen molar-refractivity contribution in [3.8, 4) is 28.7 Å². The Morgan fingerprint density at radius 3 is 1.59 bits per heavy atom. The maximum atomic E-state index is 13.7. The van der Waals surface area contributed by atoms with E-state index in [0.29, 0.717) is 52.3 Å². The van der Waals surface area contributed by atoms with Crippen molar-refractivity contribution >= 4 is 29.3 Å². The normalized spacial score (nSPS) is 19.9. The number of hydrogen-bond acceptors (Lipinski definition) is 7. The van der Waals surface area contributed by atoms with Gasteiger partial charge in [-0.2, -0.15) is 0 Å². The number of carbonyl (C=O) groups is 4. The van der Waals surface area contributed by atoms with E-state index in [4.69, 9.17) is 14.2 Å². The topological polar surface area (TPSA) is 102 Å². The summed E-state index contributed by atoms with van der Waals surface area (Å²) in [6.07, 6.45) is 3.01. The predicted molar refractivity (Wildman–Crippen MR) is 222 cm³/mol. The molecule has 2 unspecified atom stereocenters. The standard InChI is InChI=1S/C49H48N2O7/c1-30-26-47(2,3)28-49(6,27-30)29-50-43(52)39-22-20-37(24-41(39)44(50)53)58-38-21-23-40-42(25-38)46(55)51(45(40)54)33-12-18-36(19-13-33)57-35-16-10-32(11-17-35)48(4,5)31-8-14-34(56-7)15-9-31/h8-25,30H,26-29H2,1-7H3. The lowest BCUT2D eigenvalue weighted by molar-refractivity contribution is 0.0261. The summed E-state index contributed by atoms with van der Waals surface area (Å²) in [7, 11) is 1.66. The number of anilines is 1. The van der Waals surface area contributed by atoms with E-state index in [1.807, 2.05) is 36.4 Å². The van der Waals surface area contributed by atoms with Gasteiger partial charge in [-0.25, -0.2) is 4.90 Å². The van der Waals surface area contributed by atoms with Crippen LogP contribution in [0.25, 0.3) is 0 Å². The summed E-state index contributed by atoms with van der Waals surface area (Å²) in [6, 6.07) is 32.4. The van der Waals surface area contributed by atoms with Crippen LogP contribution < -0.4 is 19.1 Å². The summed E-state index contributed by atoms with van der Waals surface area (Å²) < 4.78 is 17.6. The van der Waals surface area contributed by atoms with Gasteiger partial charge in [-0.1, -0.05) is 65.8 Å². The second-order valence-corrected chi connectivity index (χ2v) is 17.8. The van der Waals surface area contributed by atoms with Gasteiger partial charge < -0.3 is 14.2 Å². The van der Waals surface area contributed by atoms with E-state index in [0.717, 1.165) is 41.0 Å². The predicted octanol–water partition coefficient (Wildman–Crippen LogP) is 10.9. The monoisotopic (exact) mass is 776 g/mol. The molecule has 58 heavy (non-hydrogen) atoms. The number of benzene rings is 5. The number of carbonyl (C=O) groups excluding carboxylic acids is 4. The molecule has 0 aromatic heterocycles. The smallest absolute Gasteiger partial charge is 0.266 e. The minimum Gasteiger partial charge on any atom is -0.497 e. The summed E-state index contributed by atoms with van der Waals surface area (Å²) >= 11 is 0. The number of methoxy groups -OCH3 is 1. The van der Waals surface area contributed by atoms with Crippen molar-refractivity contribution in [2.24, 2.45) is 16.7 Å². The molecule has 5 aromatic rings. The van der Waals surface area contributed by atoms with Crippen LogP contribution in [0.5, 0.6) is 28.7 Å². The molecule has 0 N–H and O–H groups in total. The third kappa shape index (κ3) is 7.14. The quantitative estimate of drug-likeness (QED) is 0.130. The van der Waals surface area contributed by atoms with Crippen molar-refractivity contribution in [1.82, 2.24) is 4.90 Å². The van der Waals surface area contributed by atoms with Gasteiger partial charge in [-0.3, -0.25) is 24.1 Å². The zero-order valence-electron chi connectivity index (χ0n) is 34.1. The van der Waals surface area contributed by atoms with Crippen molar-refractivity contribution in [1.29, 1.82) is 0 Å². The van der Waals surface area contributed by atoms with Crippen molar-refractivity contribution in [2.45, 2.75) is 66.2 Å². The van der Waals surface area contributed by atoms with Gasteiger partial charge in [0.2, 0.25) is 0 Å². The Kier molecular flexibility index (Phi) is 9.53. The SMILES string of the molecule is COc1ccc(C(C)(C)c2ccc(Oc3ccc(N4C(=O)c5ccc(Oc6ccc7c(c6)C(=O)N(CC6(C)CC(C)CC(C)(C)C6)C7=O)cc5C4=O)cc3)cc2)cc1. The Bertz CT molecular complexity index is 2450. The average molecular weight is 777 g/mol. The first kappa shape index (κ1) is 38.6. The molecular formula is C49H48N2O7. The number of rotatable bonds is 10. The highest BCUT2D eigenvalue weighted by Crippen LogP contribution is 2.49. The lowest BCUT2D eigenvalue weighted by atomic mass is 9.61. The van der Waals surface area contributed by atoms with Gasteiger partial charge in [-0.05, 0) is 132 Å². The highest BCUT2D eigenvalue weighted by Gasteiger charge is 2.45. The summed E-state index contributed by atoms with van der Waals surface area (Å²) in [5, 5.41) is 0. The molecule has 1 saturated carbocycles. The number of hydrogen-bond donors (Lipinski definition) is 0. The molecule has 9 nitrogen and oxygen atoms in total. The largest absolute Gasteiger partial charge is 0.497 e. The summed E-state index contributed by atoms with van der Waals surface area (Å²) in [5.74, 6) is 1.66. The van der Waals surface area contributed by atoms with Gasteiger partial charge in [0.25, 0.3) is 23.6 Å². The second-order valence-electron chi connectivity index (χ2n) is 17.8. The third-order valence-electron chi connectivity index (χ3n) is 11.9. The molecule has 0 radical (unpaired) electrons. The van der Waals surface area contributed by atoms with Crippen LogP contribution >= 0.6 is 0 Å². The maximum Gasteiger partial charge on any atom is 0.266 e. The number of fused-ring (bicyclic) bond motifs is 2. The second kappa shape index (κ2) is 14.3. The fourth-order valence-electron chi connectivity index (χ4n) is 9.70. The Morgan fingerprint density at radius 1 is 0.586 bits per heavy atom. The molecule has 296 valence electrons. The van der Waals surface area contributed by atoms with Crippen LogP contribution in [0.2, 0.25) is 0 Å². The lowest BCUT2D eigenvalue weighted by Crippen LogP contribution is -2.45. The van der Waals surface area contributed by atoms with Gasteiger partial charge >= 0.3 is 0 Å². The zero-order chi connectivity index (χ0) is 41.1. The molecule has 4 amide bonds. The first-order valence-electron chi connectivity index (χ1n) is 19.8. The Morgan fingerprint density at radius 2 is 1.03 bits per heavy atom. The fraction of sp³-hybridized carbons (Fsp3) is 0.306. The van der Waals surface area contributed by atoms with Gasteiger partial charge in [0.1, 0.15) is 28.7 Å². The first-order chi connectivity index (χ1) is 27.5. The number of imide groups is 2. The van der Waals surface area contributed by atoms with Crippen LogP contribution in [-0.2, 0) is 5.41 Å². The number of nitrogens with zero attached hydrogens (tertiary/aromatic N) is 2. The molecule has 9 heteroatoms. The van der Waals surface area contributed by atoms with E-state index < -0.39 is 11.8 Å². The molecule has 2 heterocycles. The van der Waals surface area contributed by atoms with E-state index in [1.54, 1.807) is 61.7 Å². The van der Waals surface area contributed by atoms with Gasteiger partial charge in [0.15, 0.2) is 0 Å². The van der Waals surface area contributed by atoms with Gasteiger partial charge in [0, 0.05) is 12.0 Å². The van der Waals surface area contributed by atoms with Gasteiger partial charge in [0.05, 0.1) is 35.1 Å². The molecule has 2 atom stereocenters. The highest BCUT2D eigenvalue weighted by atomic mass is 16.5. The van der Waals surface area contributed by atoms with Crippen LogP contribution in [-0.4, -0.2) is 42.2 Å². The van der Waals surface area contributed by atoms with Crippen LogP contribution in [0.15, 0.2) is 109 Å². The van der Waals surface area contributed by atoms with Crippen LogP contribution in [0.4, 0.5) is 5.69 Å². The van der Waals surface area contributed by atoms with Crippen molar-refractivity contribution in [3.63, 3.8) is 0 Å². The molecule has 0 spiro atoms. The number of amides is 4. The Balaban J connectivity index is 0.924. The maximum absolute atomic E-state index is 13.7. The van der Waals surface area contributed by atoms with E-state index in [-0.39, 0.29) is 39.2 Å². The lowest BCUT2D eigenvalue weighted by Gasteiger charge is -2.47. The average Bonchev–Trinajstić information content (AvgIpc) is 3.56. The van der Waals surface area contributed by atoms with Crippen molar-refractivity contribution in [3.05, 3.63) is 143 Å². The van der Waals surface area contributed by atoms with Crippen LogP contribution in [0.3, 0.4) is 0 Å². The first-order valence-corrected chi connectivity index (χ1v) is 19.8. The molecule has 1 aliphatic carbocycles. The minimum atomic E-state index is -0.478. The Labute approximate surface area is 339 Å². The van der Waals surface area contributed by atoms with Crippen LogP contribution in [0, 0.1) is 16.7 Å². The molecule has 5 aromatic carbocycles. The molecule has 3 aliphatic rings. The van der Waals surface area contributed by atoms with E-state index in [1.165, 1.54) is 11.0 Å². The summed E-state index contributed by atoms with van der Waals surface area (Å²) in [5.41, 5.74) is 3.54. The summed E-state index contributed by atoms with van der Waals surface area (Å²) in [6.45, 7) is 13.6. The number of ether oxygens (including phenoxy) is 3. The highest BCUT2D eigenvalue weighted by molar-refractivity contribution is 6.34. The minimum absolute atomic E-state index is 0.136. The molecule has 2 aliphatic heterocycles. The summed E-state index contributed by atoms with van der Waals surface area (Å²) in [4.78, 5) is 56.8. The molecule has 0 bridgehead atoms. The van der Waals surface area contributed by atoms with Gasteiger partial charge in [-0.15, -0.1) is 0 Å². The van der Waals surface area contributed by atoms with Crippen molar-refractivity contribution < 1.29 is 33.4 Å². The van der Waals surface area contributed by atoms with Crippen molar-refractivity contribution in [2.75, 3.05) is 18.6 Å². The third-order valence-corrected chi connectivity index (χ3v) is 11.9. The Hall–Kier alpha value is -6.22. The van der Waals surface area contributed by atoms with Crippen LogP contribution in [0.1, 0.15) is 113 Å². The zero-order valence-corrected chi connectivity index (χ0v) is 34.1. The molecule has 0 saturated heterocycles.